The maximum Gasteiger partial charge on any atom is 0.231 e. The Labute approximate surface area is 181 Å². The zero-order valence-electron chi connectivity index (χ0n) is 18.5. The molecule has 1 aromatic carbocycles. The SMILES string of the molecule is COc1cc(CN2[C@@H]3CC[C@@H]2c2cnc4cc(C(C)(C)C)nn4c2C3)cc2c1OCO2. The van der Waals surface area contributed by atoms with Crippen LogP contribution in [0.2, 0.25) is 0 Å². The molecule has 3 aliphatic rings. The van der Waals surface area contributed by atoms with Gasteiger partial charge in [0.05, 0.1) is 18.5 Å². The minimum absolute atomic E-state index is 0.0126. The first-order valence-electron chi connectivity index (χ1n) is 11.0. The van der Waals surface area contributed by atoms with E-state index in [0.717, 1.165) is 42.2 Å². The fourth-order valence-corrected chi connectivity index (χ4v) is 5.28. The highest BCUT2D eigenvalue weighted by Crippen LogP contribution is 2.46. The van der Waals surface area contributed by atoms with Crippen molar-refractivity contribution < 1.29 is 14.2 Å². The van der Waals surface area contributed by atoms with Crippen LogP contribution in [-0.4, -0.2) is 39.4 Å². The van der Waals surface area contributed by atoms with Crippen LogP contribution in [0.15, 0.2) is 24.4 Å². The Morgan fingerprint density at radius 2 is 2.03 bits per heavy atom. The summed E-state index contributed by atoms with van der Waals surface area (Å²) in [6, 6.07) is 7.16. The zero-order chi connectivity index (χ0) is 21.3. The maximum absolute atomic E-state index is 5.63. The van der Waals surface area contributed by atoms with E-state index in [9.17, 15) is 0 Å². The van der Waals surface area contributed by atoms with E-state index < -0.39 is 0 Å². The Kier molecular flexibility index (Phi) is 4.03. The Morgan fingerprint density at radius 1 is 1.16 bits per heavy atom. The van der Waals surface area contributed by atoms with Crippen molar-refractivity contribution in [2.45, 2.75) is 64.1 Å². The van der Waals surface area contributed by atoms with Gasteiger partial charge in [-0.15, -0.1) is 0 Å². The molecule has 31 heavy (non-hydrogen) atoms. The smallest absolute Gasteiger partial charge is 0.231 e. The van der Waals surface area contributed by atoms with Gasteiger partial charge in [0, 0.05) is 48.3 Å². The Hall–Kier alpha value is -2.80. The number of nitrogens with zero attached hydrogens (tertiary/aromatic N) is 4. The summed E-state index contributed by atoms with van der Waals surface area (Å²) in [6.45, 7) is 7.70. The third-order valence-electron chi connectivity index (χ3n) is 6.90. The second-order valence-electron chi connectivity index (χ2n) is 9.87. The lowest BCUT2D eigenvalue weighted by molar-refractivity contribution is 0.164. The van der Waals surface area contributed by atoms with Gasteiger partial charge in [-0.2, -0.15) is 5.10 Å². The lowest BCUT2D eigenvalue weighted by Gasteiger charge is -2.36. The first-order valence-corrected chi connectivity index (χ1v) is 11.0. The van der Waals surface area contributed by atoms with Crippen molar-refractivity contribution in [3.63, 3.8) is 0 Å². The van der Waals surface area contributed by atoms with E-state index in [0.29, 0.717) is 17.8 Å². The predicted octanol–water partition coefficient (Wildman–Crippen LogP) is 4.03. The molecule has 0 amide bonds. The molecule has 3 aromatic rings. The van der Waals surface area contributed by atoms with Gasteiger partial charge in [0.25, 0.3) is 0 Å². The van der Waals surface area contributed by atoms with Gasteiger partial charge in [0.15, 0.2) is 17.1 Å². The van der Waals surface area contributed by atoms with Crippen molar-refractivity contribution in [3.8, 4) is 17.2 Å². The van der Waals surface area contributed by atoms with E-state index in [1.165, 1.54) is 23.2 Å². The topological polar surface area (TPSA) is 61.1 Å². The zero-order valence-corrected chi connectivity index (χ0v) is 18.5. The van der Waals surface area contributed by atoms with Gasteiger partial charge in [-0.1, -0.05) is 20.8 Å². The standard InChI is InChI=1S/C24H28N4O3/c1-24(2,3)21-10-22-25-11-16-17-6-5-15(9-18(16)28(22)26-21)27(17)12-14-7-19(29-4)23-20(8-14)30-13-31-23/h7-8,10-11,15,17H,5-6,9,12-13H2,1-4H3/t15-,17-/m1/s1. The number of ether oxygens (including phenoxy) is 3. The Balaban J connectivity index is 1.36. The molecule has 2 atom stereocenters. The molecule has 1 fully saturated rings. The normalized spacial score (nSPS) is 22.2. The van der Waals surface area contributed by atoms with Gasteiger partial charge in [-0.3, -0.25) is 4.90 Å². The minimum Gasteiger partial charge on any atom is -0.493 e. The minimum atomic E-state index is 0.0126. The third kappa shape index (κ3) is 2.90. The van der Waals surface area contributed by atoms with Crippen LogP contribution in [0.25, 0.3) is 5.65 Å². The molecule has 0 N–H and O–H groups in total. The molecule has 3 aliphatic heterocycles. The first-order chi connectivity index (χ1) is 14.9. The summed E-state index contributed by atoms with van der Waals surface area (Å²) in [6.07, 6.45) is 5.42. The van der Waals surface area contributed by atoms with E-state index in [1.54, 1.807) is 7.11 Å². The van der Waals surface area contributed by atoms with E-state index in [-0.39, 0.29) is 12.2 Å². The van der Waals surface area contributed by atoms with Crippen LogP contribution < -0.4 is 14.2 Å². The molecule has 0 spiro atoms. The van der Waals surface area contributed by atoms with Crippen LogP contribution in [-0.2, 0) is 18.4 Å². The van der Waals surface area contributed by atoms with E-state index in [4.69, 9.17) is 24.3 Å². The van der Waals surface area contributed by atoms with Crippen molar-refractivity contribution in [1.82, 2.24) is 19.5 Å². The number of methoxy groups -OCH3 is 1. The average molecular weight is 421 g/mol. The molecular formula is C24H28N4O3. The Morgan fingerprint density at radius 3 is 2.84 bits per heavy atom. The summed E-state index contributed by atoms with van der Waals surface area (Å²) in [5.41, 5.74) is 5.89. The largest absolute Gasteiger partial charge is 0.493 e. The summed E-state index contributed by atoms with van der Waals surface area (Å²) in [5, 5.41) is 4.95. The van der Waals surface area contributed by atoms with Crippen LogP contribution in [0.1, 0.15) is 62.2 Å². The van der Waals surface area contributed by atoms with Gasteiger partial charge < -0.3 is 14.2 Å². The molecule has 1 saturated heterocycles. The van der Waals surface area contributed by atoms with E-state index in [1.807, 2.05) is 0 Å². The molecule has 162 valence electrons. The molecule has 0 unspecified atom stereocenters. The van der Waals surface area contributed by atoms with Gasteiger partial charge in [-0.05, 0) is 30.5 Å². The maximum atomic E-state index is 5.63. The molecule has 7 heteroatoms. The fraction of sp³-hybridized carbons (Fsp3) is 0.500. The van der Waals surface area contributed by atoms with Gasteiger partial charge in [-0.25, -0.2) is 9.50 Å². The van der Waals surface area contributed by atoms with Gasteiger partial charge in [0.1, 0.15) is 0 Å². The molecule has 7 nitrogen and oxygen atoms in total. The predicted molar refractivity (Wildman–Crippen MR) is 116 cm³/mol. The number of benzene rings is 1. The summed E-state index contributed by atoms with van der Waals surface area (Å²) in [7, 11) is 1.68. The van der Waals surface area contributed by atoms with Crippen LogP contribution in [0.4, 0.5) is 0 Å². The van der Waals surface area contributed by atoms with Crippen LogP contribution in [0.5, 0.6) is 17.2 Å². The van der Waals surface area contributed by atoms with Crippen molar-refractivity contribution >= 4 is 5.65 Å². The number of rotatable bonds is 3. The molecule has 0 radical (unpaired) electrons. The highest BCUT2D eigenvalue weighted by molar-refractivity contribution is 5.55. The summed E-state index contributed by atoms with van der Waals surface area (Å²) in [4.78, 5) is 7.39. The number of fused-ring (bicyclic) bond motifs is 7. The second-order valence-corrected chi connectivity index (χ2v) is 9.87. The van der Waals surface area contributed by atoms with Crippen LogP contribution in [0, 0.1) is 0 Å². The lowest BCUT2D eigenvalue weighted by Crippen LogP contribution is -2.38. The number of aromatic nitrogens is 3. The summed E-state index contributed by atoms with van der Waals surface area (Å²) in [5.74, 6) is 2.22. The molecular weight excluding hydrogens is 392 g/mol. The van der Waals surface area contributed by atoms with Crippen molar-refractivity contribution in [2.24, 2.45) is 0 Å². The third-order valence-corrected chi connectivity index (χ3v) is 6.90. The van der Waals surface area contributed by atoms with Crippen molar-refractivity contribution in [3.05, 3.63) is 46.9 Å². The van der Waals surface area contributed by atoms with Crippen molar-refractivity contribution in [1.29, 1.82) is 0 Å². The van der Waals surface area contributed by atoms with Gasteiger partial charge >= 0.3 is 0 Å². The molecule has 0 saturated carbocycles. The van der Waals surface area contributed by atoms with Gasteiger partial charge in [0.2, 0.25) is 12.5 Å². The molecule has 2 aromatic heterocycles. The quantitative estimate of drug-likeness (QED) is 0.638. The lowest BCUT2D eigenvalue weighted by atomic mass is 9.93. The summed E-state index contributed by atoms with van der Waals surface area (Å²) >= 11 is 0. The summed E-state index contributed by atoms with van der Waals surface area (Å²) < 4.78 is 18.8. The van der Waals surface area contributed by atoms with Crippen molar-refractivity contribution in [2.75, 3.05) is 13.9 Å². The molecule has 6 rings (SSSR count). The highest BCUT2D eigenvalue weighted by Gasteiger charge is 2.41. The van der Waals surface area contributed by atoms with Crippen LogP contribution >= 0.6 is 0 Å². The molecule has 5 heterocycles. The number of hydrogen-bond donors (Lipinski definition) is 0. The Bertz CT molecular complexity index is 1180. The van der Waals surface area contributed by atoms with Crippen LogP contribution in [0.3, 0.4) is 0 Å². The van der Waals surface area contributed by atoms with E-state index in [2.05, 4.69) is 54.6 Å². The first kappa shape index (κ1) is 18.9. The molecule has 0 aliphatic carbocycles. The average Bonchev–Trinajstić information content (AvgIpc) is 3.44. The monoisotopic (exact) mass is 420 g/mol. The number of hydrogen-bond acceptors (Lipinski definition) is 6. The highest BCUT2D eigenvalue weighted by atomic mass is 16.7. The fourth-order valence-electron chi connectivity index (χ4n) is 5.28. The van der Waals surface area contributed by atoms with E-state index >= 15 is 0 Å². The molecule has 2 bridgehead atoms. The second kappa shape index (κ2) is 6.60.